The Morgan fingerprint density at radius 2 is 1.90 bits per heavy atom. The standard InChI is InChI=1S/C22H21N7O2/c1-2-11-28-20-18(24-17(25-20)14-31-13-15-7-4-3-5-8-15)21-27-26-19(29(21)22(28)30)16-9-6-10-23-12-16/h3-10,12H,2,11,13-14H2,1H3,(H,24,25). The van der Waals surface area contributed by atoms with Crippen molar-refractivity contribution in [3.05, 3.63) is 76.7 Å². The van der Waals surface area contributed by atoms with Gasteiger partial charge in [0.1, 0.15) is 17.9 Å². The average Bonchev–Trinajstić information content (AvgIpc) is 3.43. The van der Waals surface area contributed by atoms with Gasteiger partial charge in [0.2, 0.25) is 0 Å². The smallest absolute Gasteiger partial charge is 0.337 e. The summed E-state index contributed by atoms with van der Waals surface area (Å²) < 4.78 is 8.99. The Morgan fingerprint density at radius 3 is 2.68 bits per heavy atom. The van der Waals surface area contributed by atoms with Gasteiger partial charge in [-0.1, -0.05) is 37.3 Å². The fourth-order valence-electron chi connectivity index (χ4n) is 3.62. The summed E-state index contributed by atoms with van der Waals surface area (Å²) in [7, 11) is 0. The molecule has 0 amide bonds. The molecular weight excluding hydrogens is 394 g/mol. The molecule has 0 saturated heterocycles. The van der Waals surface area contributed by atoms with E-state index in [4.69, 9.17) is 4.74 Å². The molecule has 31 heavy (non-hydrogen) atoms. The fraction of sp³-hybridized carbons (Fsp3) is 0.227. The van der Waals surface area contributed by atoms with Crippen LogP contribution in [0.25, 0.3) is 28.2 Å². The molecule has 5 rings (SSSR count). The van der Waals surface area contributed by atoms with Gasteiger partial charge in [0, 0.05) is 24.5 Å². The number of nitrogens with zero attached hydrogens (tertiary/aromatic N) is 6. The molecule has 5 aromatic rings. The maximum Gasteiger partial charge on any atom is 0.337 e. The quantitative estimate of drug-likeness (QED) is 0.438. The third-order valence-corrected chi connectivity index (χ3v) is 5.02. The molecule has 0 aliphatic heterocycles. The summed E-state index contributed by atoms with van der Waals surface area (Å²) in [6.45, 7) is 3.32. The number of hydrogen-bond donors (Lipinski definition) is 1. The number of aromatic amines is 1. The highest BCUT2D eigenvalue weighted by Crippen LogP contribution is 2.21. The lowest BCUT2D eigenvalue weighted by molar-refractivity contribution is 0.102. The minimum atomic E-state index is -0.226. The Hall–Kier alpha value is -3.85. The van der Waals surface area contributed by atoms with Crippen molar-refractivity contribution < 1.29 is 4.74 Å². The zero-order chi connectivity index (χ0) is 21.2. The van der Waals surface area contributed by atoms with Gasteiger partial charge in [0.05, 0.1) is 6.61 Å². The van der Waals surface area contributed by atoms with Gasteiger partial charge in [-0.15, -0.1) is 10.2 Å². The molecule has 1 N–H and O–H groups in total. The third kappa shape index (κ3) is 3.49. The number of fused-ring (bicyclic) bond motifs is 3. The van der Waals surface area contributed by atoms with Crippen molar-refractivity contribution in [2.45, 2.75) is 33.1 Å². The van der Waals surface area contributed by atoms with Gasteiger partial charge in [-0.25, -0.2) is 14.2 Å². The van der Waals surface area contributed by atoms with Gasteiger partial charge in [0.15, 0.2) is 17.1 Å². The molecule has 4 aromatic heterocycles. The molecule has 0 bridgehead atoms. The Morgan fingerprint density at radius 1 is 1.03 bits per heavy atom. The van der Waals surface area contributed by atoms with Gasteiger partial charge in [-0.2, -0.15) is 0 Å². The summed E-state index contributed by atoms with van der Waals surface area (Å²) >= 11 is 0. The summed E-state index contributed by atoms with van der Waals surface area (Å²) in [5.41, 5.74) is 3.24. The van der Waals surface area contributed by atoms with Crippen LogP contribution < -0.4 is 5.69 Å². The minimum absolute atomic E-state index is 0.226. The van der Waals surface area contributed by atoms with Gasteiger partial charge in [-0.3, -0.25) is 9.55 Å². The van der Waals surface area contributed by atoms with Gasteiger partial charge >= 0.3 is 5.69 Å². The van der Waals surface area contributed by atoms with Crippen molar-refractivity contribution in [1.82, 2.24) is 34.1 Å². The summed E-state index contributed by atoms with van der Waals surface area (Å²) in [5.74, 6) is 1.09. The van der Waals surface area contributed by atoms with Gasteiger partial charge < -0.3 is 9.72 Å². The molecule has 0 saturated carbocycles. The molecule has 4 heterocycles. The van der Waals surface area contributed by atoms with E-state index >= 15 is 0 Å². The monoisotopic (exact) mass is 415 g/mol. The first-order valence-electron chi connectivity index (χ1n) is 10.1. The molecule has 0 fully saturated rings. The first-order chi connectivity index (χ1) is 15.3. The first-order valence-corrected chi connectivity index (χ1v) is 10.1. The second kappa shape index (κ2) is 8.11. The number of pyridine rings is 1. The average molecular weight is 415 g/mol. The Labute approximate surface area is 177 Å². The van der Waals surface area contributed by atoms with Crippen LogP contribution in [0.4, 0.5) is 0 Å². The van der Waals surface area contributed by atoms with Crippen LogP contribution in [0.5, 0.6) is 0 Å². The SMILES string of the molecule is CCCn1c(=O)n2c(-c3cccnc3)nnc2c2[nH]c(COCc3ccccc3)nc21. The van der Waals surface area contributed by atoms with Crippen molar-refractivity contribution in [2.75, 3.05) is 0 Å². The van der Waals surface area contributed by atoms with Crippen LogP contribution in [0.2, 0.25) is 0 Å². The van der Waals surface area contributed by atoms with Crippen molar-refractivity contribution in [3.8, 4) is 11.4 Å². The minimum Gasteiger partial charge on any atom is -0.369 e. The Bertz CT molecular complexity index is 1390. The van der Waals surface area contributed by atoms with Crippen LogP contribution in [0.1, 0.15) is 24.7 Å². The normalized spacial score (nSPS) is 11.5. The van der Waals surface area contributed by atoms with E-state index in [1.54, 1.807) is 23.0 Å². The van der Waals surface area contributed by atoms with E-state index in [0.29, 0.717) is 48.2 Å². The number of H-pyrrole nitrogens is 1. The number of aromatic nitrogens is 7. The number of nitrogens with one attached hydrogen (secondary N) is 1. The largest absolute Gasteiger partial charge is 0.369 e. The molecule has 1 aromatic carbocycles. The van der Waals surface area contributed by atoms with Crippen LogP contribution in [0.15, 0.2) is 59.7 Å². The Kier molecular flexibility index (Phi) is 5.01. The number of aryl methyl sites for hydroxylation is 1. The van der Waals surface area contributed by atoms with Crippen molar-refractivity contribution in [3.63, 3.8) is 0 Å². The van der Waals surface area contributed by atoms with Crippen molar-refractivity contribution in [2.24, 2.45) is 0 Å². The van der Waals surface area contributed by atoms with Crippen LogP contribution in [-0.2, 0) is 24.5 Å². The topological polar surface area (TPSA) is 103 Å². The highest BCUT2D eigenvalue weighted by Gasteiger charge is 2.20. The van der Waals surface area contributed by atoms with Gasteiger partial charge in [-0.05, 0) is 24.1 Å². The molecule has 0 atom stereocenters. The molecule has 0 aliphatic carbocycles. The summed E-state index contributed by atoms with van der Waals surface area (Å²) in [5, 5.41) is 8.56. The fourth-order valence-corrected chi connectivity index (χ4v) is 3.62. The lowest BCUT2D eigenvalue weighted by Gasteiger charge is -2.07. The number of ether oxygens (including phenoxy) is 1. The second-order valence-corrected chi connectivity index (χ2v) is 7.22. The maximum absolute atomic E-state index is 13.3. The second-order valence-electron chi connectivity index (χ2n) is 7.22. The van der Waals surface area contributed by atoms with Crippen LogP contribution >= 0.6 is 0 Å². The van der Waals surface area contributed by atoms with Crippen LogP contribution in [-0.4, -0.2) is 34.1 Å². The molecular formula is C22H21N7O2. The molecule has 0 aliphatic rings. The van der Waals surface area contributed by atoms with E-state index in [-0.39, 0.29) is 5.69 Å². The molecule has 9 nitrogen and oxygen atoms in total. The maximum atomic E-state index is 13.3. The summed E-state index contributed by atoms with van der Waals surface area (Å²) in [4.78, 5) is 25.4. The third-order valence-electron chi connectivity index (χ3n) is 5.02. The Balaban J connectivity index is 1.57. The van der Waals surface area contributed by atoms with Crippen molar-refractivity contribution in [1.29, 1.82) is 0 Å². The number of benzene rings is 1. The highest BCUT2D eigenvalue weighted by molar-refractivity contribution is 5.86. The van der Waals surface area contributed by atoms with E-state index < -0.39 is 0 Å². The van der Waals surface area contributed by atoms with E-state index in [2.05, 4.69) is 25.1 Å². The summed E-state index contributed by atoms with van der Waals surface area (Å²) in [6.07, 6.45) is 4.13. The lowest BCUT2D eigenvalue weighted by atomic mass is 10.2. The number of hydrogen-bond acceptors (Lipinski definition) is 6. The first kappa shape index (κ1) is 19.1. The predicted octanol–water partition coefficient (Wildman–Crippen LogP) is 2.96. The van der Waals surface area contributed by atoms with Crippen LogP contribution in [0, 0.1) is 0 Å². The lowest BCUT2D eigenvalue weighted by Crippen LogP contribution is -2.27. The van der Waals surface area contributed by atoms with Gasteiger partial charge in [0.25, 0.3) is 0 Å². The van der Waals surface area contributed by atoms with E-state index in [1.165, 1.54) is 4.40 Å². The van der Waals surface area contributed by atoms with E-state index in [0.717, 1.165) is 17.5 Å². The molecule has 0 unspecified atom stereocenters. The van der Waals surface area contributed by atoms with Crippen LogP contribution in [0.3, 0.4) is 0 Å². The molecule has 156 valence electrons. The number of rotatable bonds is 7. The molecule has 0 spiro atoms. The molecule has 0 radical (unpaired) electrons. The van der Waals surface area contributed by atoms with E-state index in [9.17, 15) is 4.79 Å². The molecule has 9 heteroatoms. The zero-order valence-electron chi connectivity index (χ0n) is 17.0. The zero-order valence-corrected chi connectivity index (χ0v) is 17.0. The van der Waals surface area contributed by atoms with Crippen molar-refractivity contribution >= 4 is 16.8 Å². The highest BCUT2D eigenvalue weighted by atomic mass is 16.5. The number of imidazole rings is 1. The predicted molar refractivity (Wildman–Crippen MR) is 115 cm³/mol. The summed E-state index contributed by atoms with van der Waals surface area (Å²) in [6, 6.07) is 13.6. The van der Waals surface area contributed by atoms with E-state index in [1.807, 2.05) is 43.3 Å².